The van der Waals surface area contributed by atoms with Crippen LogP contribution in [-0.2, 0) is 20.1 Å². The molecule has 0 radical (unpaired) electrons. The SMILES string of the molecule is CO.CO.Cc1cccc(-c2[c-]cccc2)n1.Cc1cccc(-c2[c-]cccc2)n1.[Ir+3]. The molecule has 5 heteroatoms. The second-order valence-corrected chi connectivity index (χ2v) is 5.88. The fraction of sp³-hybridized carbons (Fsp3) is 0.154. The summed E-state index contributed by atoms with van der Waals surface area (Å²) in [6, 6.07) is 34.0. The van der Waals surface area contributed by atoms with E-state index in [1.54, 1.807) is 0 Å². The Kier molecular flexibility index (Phi) is 15.6. The van der Waals surface area contributed by atoms with Gasteiger partial charge < -0.3 is 20.2 Å². The van der Waals surface area contributed by atoms with Gasteiger partial charge in [0.05, 0.1) is 0 Å². The minimum Gasteiger partial charge on any atom is -0.400 e. The first kappa shape index (κ1) is 28.3. The van der Waals surface area contributed by atoms with E-state index in [1.807, 2.05) is 98.8 Å². The molecule has 0 amide bonds. The first-order chi connectivity index (χ1) is 14.7. The minimum absolute atomic E-state index is 0. The molecule has 0 saturated carbocycles. The molecular formula is C26H28IrN2O2+. The third-order valence-corrected chi connectivity index (χ3v) is 3.75. The smallest absolute Gasteiger partial charge is 0.400 e. The molecule has 2 heterocycles. The van der Waals surface area contributed by atoms with Crippen molar-refractivity contribution in [2.75, 3.05) is 14.2 Å². The topological polar surface area (TPSA) is 66.2 Å². The van der Waals surface area contributed by atoms with E-state index in [0.29, 0.717) is 0 Å². The van der Waals surface area contributed by atoms with Gasteiger partial charge in [0.1, 0.15) is 0 Å². The first-order valence-electron chi connectivity index (χ1n) is 9.43. The number of aliphatic hydroxyl groups is 2. The third-order valence-electron chi connectivity index (χ3n) is 3.75. The van der Waals surface area contributed by atoms with E-state index in [9.17, 15) is 0 Å². The molecule has 0 unspecified atom stereocenters. The molecule has 0 atom stereocenters. The summed E-state index contributed by atoms with van der Waals surface area (Å²) in [6.45, 7) is 3.98. The number of aliphatic hydroxyl groups excluding tert-OH is 2. The van der Waals surface area contributed by atoms with Crippen LogP contribution in [0.1, 0.15) is 11.4 Å². The van der Waals surface area contributed by atoms with E-state index >= 15 is 0 Å². The largest absolute Gasteiger partial charge is 3.00 e. The molecule has 2 aromatic heterocycles. The van der Waals surface area contributed by atoms with Gasteiger partial charge >= 0.3 is 20.1 Å². The van der Waals surface area contributed by atoms with Crippen molar-refractivity contribution < 1.29 is 30.3 Å². The van der Waals surface area contributed by atoms with Crippen LogP contribution in [0.15, 0.2) is 84.9 Å². The Hall–Kier alpha value is -2.69. The summed E-state index contributed by atoms with van der Waals surface area (Å²) in [5.41, 5.74) is 6.14. The Morgan fingerprint density at radius 2 is 0.935 bits per heavy atom. The minimum atomic E-state index is 0. The number of pyridine rings is 2. The van der Waals surface area contributed by atoms with Crippen molar-refractivity contribution in [2.45, 2.75) is 13.8 Å². The molecule has 2 N–H and O–H groups in total. The van der Waals surface area contributed by atoms with Gasteiger partial charge in [0.15, 0.2) is 0 Å². The zero-order valence-electron chi connectivity index (χ0n) is 18.2. The molecule has 4 rings (SSSR count). The molecule has 0 saturated heterocycles. The monoisotopic (exact) mass is 593 g/mol. The predicted molar refractivity (Wildman–Crippen MR) is 123 cm³/mol. The summed E-state index contributed by atoms with van der Waals surface area (Å²) in [4.78, 5) is 8.82. The third kappa shape index (κ3) is 10.3. The summed E-state index contributed by atoms with van der Waals surface area (Å²) in [6.07, 6.45) is 0. The van der Waals surface area contributed by atoms with Gasteiger partial charge in [0.2, 0.25) is 0 Å². The van der Waals surface area contributed by atoms with Crippen LogP contribution in [0.2, 0.25) is 0 Å². The first-order valence-corrected chi connectivity index (χ1v) is 9.43. The van der Waals surface area contributed by atoms with Gasteiger partial charge in [-0.2, -0.15) is 0 Å². The Morgan fingerprint density at radius 3 is 1.23 bits per heavy atom. The Bertz CT molecular complexity index is 884. The number of hydrogen-bond donors (Lipinski definition) is 2. The quantitative estimate of drug-likeness (QED) is 0.324. The van der Waals surface area contributed by atoms with Crippen molar-refractivity contribution in [1.82, 2.24) is 9.97 Å². The average molecular weight is 593 g/mol. The van der Waals surface area contributed by atoms with E-state index in [0.717, 1.165) is 48.1 Å². The Morgan fingerprint density at radius 1 is 0.548 bits per heavy atom. The summed E-state index contributed by atoms with van der Waals surface area (Å²) in [7, 11) is 2.00. The summed E-state index contributed by atoms with van der Waals surface area (Å²) in [5, 5.41) is 14.0. The summed E-state index contributed by atoms with van der Waals surface area (Å²) in [5.74, 6) is 0. The molecule has 0 aliphatic rings. The van der Waals surface area contributed by atoms with Crippen molar-refractivity contribution in [3.63, 3.8) is 0 Å². The molecule has 0 aliphatic heterocycles. The molecule has 0 fully saturated rings. The van der Waals surface area contributed by atoms with Gasteiger partial charge in [-0.25, -0.2) is 0 Å². The van der Waals surface area contributed by atoms with Crippen LogP contribution in [0.4, 0.5) is 0 Å². The van der Waals surface area contributed by atoms with Gasteiger partial charge in [-0.05, 0) is 37.4 Å². The van der Waals surface area contributed by atoms with Crippen molar-refractivity contribution in [3.05, 3.63) is 108 Å². The number of aryl methyl sites for hydroxylation is 2. The molecule has 0 bridgehead atoms. The Balaban J connectivity index is 0.000000487. The van der Waals surface area contributed by atoms with Crippen molar-refractivity contribution >= 4 is 0 Å². The van der Waals surface area contributed by atoms with E-state index in [-0.39, 0.29) is 20.1 Å². The molecular weight excluding hydrogens is 565 g/mol. The Labute approximate surface area is 199 Å². The number of hydrogen-bond acceptors (Lipinski definition) is 4. The van der Waals surface area contributed by atoms with Crippen LogP contribution < -0.4 is 0 Å². The molecule has 4 aromatic rings. The van der Waals surface area contributed by atoms with Crippen molar-refractivity contribution in [3.8, 4) is 22.5 Å². The number of nitrogens with zero attached hydrogens (tertiary/aromatic N) is 2. The molecule has 2 aromatic carbocycles. The molecule has 162 valence electrons. The van der Waals surface area contributed by atoms with E-state index < -0.39 is 0 Å². The summed E-state index contributed by atoms with van der Waals surface area (Å²) >= 11 is 0. The maximum absolute atomic E-state index is 7.00. The standard InChI is InChI=1S/2C12H10N.2CH4O.Ir/c2*1-10-6-5-9-12(13-10)11-7-3-2-4-8-11;2*1-2;/h2*2-7,9H,1H3;2*2H,1H3;/q2*-1;;;+3. The fourth-order valence-corrected chi connectivity index (χ4v) is 2.49. The van der Waals surface area contributed by atoms with Crippen molar-refractivity contribution in [1.29, 1.82) is 0 Å². The van der Waals surface area contributed by atoms with Gasteiger partial charge in [-0.15, -0.1) is 71.8 Å². The van der Waals surface area contributed by atoms with Crippen LogP contribution >= 0.6 is 0 Å². The van der Waals surface area contributed by atoms with Crippen LogP contribution in [0.5, 0.6) is 0 Å². The van der Waals surface area contributed by atoms with Gasteiger partial charge in [-0.3, -0.25) is 0 Å². The zero-order valence-corrected chi connectivity index (χ0v) is 20.6. The number of aromatic nitrogens is 2. The predicted octanol–water partition coefficient (Wildman–Crippen LogP) is 4.93. The second kappa shape index (κ2) is 17.0. The van der Waals surface area contributed by atoms with E-state index in [4.69, 9.17) is 10.2 Å². The number of rotatable bonds is 2. The van der Waals surface area contributed by atoms with E-state index in [2.05, 4.69) is 22.1 Å². The number of benzene rings is 2. The summed E-state index contributed by atoms with van der Waals surface area (Å²) < 4.78 is 0. The van der Waals surface area contributed by atoms with Crippen LogP contribution in [0.25, 0.3) is 22.5 Å². The van der Waals surface area contributed by atoms with E-state index in [1.165, 1.54) is 0 Å². The van der Waals surface area contributed by atoms with Gasteiger partial charge in [0.25, 0.3) is 0 Å². The molecule has 0 spiro atoms. The van der Waals surface area contributed by atoms with Crippen molar-refractivity contribution in [2.24, 2.45) is 0 Å². The maximum Gasteiger partial charge on any atom is 3.00 e. The maximum atomic E-state index is 7.00. The van der Waals surface area contributed by atoms with Crippen LogP contribution in [0, 0.1) is 26.0 Å². The van der Waals surface area contributed by atoms with Gasteiger partial charge in [0, 0.05) is 25.6 Å². The molecule has 0 aliphatic carbocycles. The zero-order chi connectivity index (χ0) is 22.2. The van der Waals surface area contributed by atoms with Crippen LogP contribution in [0.3, 0.4) is 0 Å². The average Bonchev–Trinajstić information content (AvgIpc) is 2.83. The van der Waals surface area contributed by atoms with Crippen LogP contribution in [-0.4, -0.2) is 34.4 Å². The normalized spacial score (nSPS) is 8.71. The second-order valence-electron chi connectivity index (χ2n) is 5.88. The molecule has 31 heavy (non-hydrogen) atoms. The fourth-order valence-electron chi connectivity index (χ4n) is 2.49. The van der Waals surface area contributed by atoms with Gasteiger partial charge in [-0.1, -0.05) is 24.3 Å². The molecule has 4 nitrogen and oxygen atoms in total.